The van der Waals surface area contributed by atoms with Gasteiger partial charge in [0.2, 0.25) is 0 Å². The van der Waals surface area contributed by atoms with Crippen molar-refractivity contribution in [3.05, 3.63) is 42.5 Å². The molecule has 0 amide bonds. The zero-order chi connectivity index (χ0) is 19.4. The van der Waals surface area contributed by atoms with Gasteiger partial charge in [-0.25, -0.2) is 0 Å². The Kier molecular flexibility index (Phi) is 5.86. The summed E-state index contributed by atoms with van der Waals surface area (Å²) in [5.74, 6) is -1.13. The molecule has 0 aliphatic carbocycles. The summed E-state index contributed by atoms with van der Waals surface area (Å²) in [6, 6.07) is 8.09. The van der Waals surface area contributed by atoms with Crippen LogP contribution in [0.15, 0.2) is 42.5 Å². The molecule has 0 unspecified atom stereocenters. The van der Waals surface area contributed by atoms with Crippen molar-refractivity contribution in [3.63, 3.8) is 0 Å². The monoisotopic (exact) mass is 381 g/mol. The molecule has 0 atom stereocenters. The summed E-state index contributed by atoms with van der Waals surface area (Å²) < 4.78 is 87.9. The summed E-state index contributed by atoms with van der Waals surface area (Å²) in [4.78, 5) is 0. The Labute approximate surface area is 144 Å². The first-order chi connectivity index (χ1) is 12.1. The second-order valence-electron chi connectivity index (χ2n) is 4.92. The van der Waals surface area contributed by atoms with Gasteiger partial charge in [0.05, 0.1) is 0 Å². The zero-order valence-electron chi connectivity index (χ0n) is 13.0. The van der Waals surface area contributed by atoms with Crippen molar-refractivity contribution in [3.8, 4) is 28.4 Å². The first-order valence-electron chi connectivity index (χ1n) is 7.16. The molecular formula is C16H13F6NO3. The van der Waals surface area contributed by atoms with Gasteiger partial charge in [-0.05, 0) is 29.8 Å². The van der Waals surface area contributed by atoms with Crippen LogP contribution >= 0.6 is 0 Å². The molecule has 26 heavy (non-hydrogen) atoms. The van der Waals surface area contributed by atoms with Gasteiger partial charge < -0.3 is 19.9 Å². The zero-order valence-corrected chi connectivity index (χ0v) is 13.0. The second kappa shape index (κ2) is 7.73. The van der Waals surface area contributed by atoms with Crippen molar-refractivity contribution in [2.45, 2.75) is 12.7 Å². The van der Waals surface area contributed by atoms with E-state index in [1.54, 1.807) is 0 Å². The maximum Gasteiger partial charge on any atom is 0.573 e. The average Bonchev–Trinajstić information content (AvgIpc) is 2.50. The van der Waals surface area contributed by atoms with Gasteiger partial charge in [-0.2, -0.15) is 0 Å². The maximum absolute atomic E-state index is 12.7. The molecule has 142 valence electrons. The summed E-state index contributed by atoms with van der Waals surface area (Å²) in [5, 5.41) is 0. The highest BCUT2D eigenvalue weighted by atomic mass is 19.4. The molecule has 2 rings (SSSR count). The van der Waals surface area contributed by atoms with E-state index in [2.05, 4.69) is 9.47 Å². The van der Waals surface area contributed by atoms with Crippen molar-refractivity contribution in [1.29, 1.82) is 0 Å². The fourth-order valence-electron chi connectivity index (χ4n) is 2.08. The van der Waals surface area contributed by atoms with E-state index in [9.17, 15) is 26.3 Å². The van der Waals surface area contributed by atoms with Crippen molar-refractivity contribution < 1.29 is 40.6 Å². The Morgan fingerprint density at radius 1 is 0.808 bits per heavy atom. The molecule has 2 aromatic carbocycles. The van der Waals surface area contributed by atoms with Crippen LogP contribution in [-0.4, -0.2) is 25.9 Å². The molecule has 0 aliphatic heterocycles. The number of halogens is 6. The van der Waals surface area contributed by atoms with Crippen LogP contribution in [0.2, 0.25) is 0 Å². The Balaban J connectivity index is 2.42. The lowest BCUT2D eigenvalue weighted by Gasteiger charge is -2.16. The second-order valence-corrected chi connectivity index (χ2v) is 4.92. The van der Waals surface area contributed by atoms with Crippen molar-refractivity contribution in [1.82, 2.24) is 0 Å². The Morgan fingerprint density at radius 3 is 2.12 bits per heavy atom. The van der Waals surface area contributed by atoms with E-state index in [4.69, 9.17) is 10.5 Å². The van der Waals surface area contributed by atoms with Crippen LogP contribution in [0.25, 0.3) is 11.1 Å². The molecule has 0 saturated carbocycles. The predicted molar refractivity (Wildman–Crippen MR) is 79.8 cm³/mol. The highest BCUT2D eigenvalue weighted by Gasteiger charge is 2.33. The van der Waals surface area contributed by atoms with Gasteiger partial charge in [0, 0.05) is 18.2 Å². The smallest absolute Gasteiger partial charge is 0.492 e. The van der Waals surface area contributed by atoms with Crippen molar-refractivity contribution in [2.75, 3.05) is 13.2 Å². The van der Waals surface area contributed by atoms with E-state index < -0.39 is 24.2 Å². The highest BCUT2D eigenvalue weighted by molar-refractivity contribution is 5.72. The van der Waals surface area contributed by atoms with E-state index >= 15 is 0 Å². The van der Waals surface area contributed by atoms with Crippen LogP contribution in [0.1, 0.15) is 0 Å². The first kappa shape index (κ1) is 19.7. The summed E-state index contributed by atoms with van der Waals surface area (Å²) in [6.07, 6.45) is -9.93. The van der Waals surface area contributed by atoms with Crippen LogP contribution in [0.4, 0.5) is 26.3 Å². The van der Waals surface area contributed by atoms with E-state index in [-0.39, 0.29) is 30.0 Å². The molecule has 0 fully saturated rings. The third-order valence-electron chi connectivity index (χ3n) is 2.94. The summed E-state index contributed by atoms with van der Waals surface area (Å²) in [6.45, 7) is 0.216. The van der Waals surface area contributed by atoms with Gasteiger partial charge in [0.1, 0.15) is 23.9 Å². The topological polar surface area (TPSA) is 53.7 Å². The van der Waals surface area contributed by atoms with E-state index in [1.165, 1.54) is 24.3 Å². The summed E-state index contributed by atoms with van der Waals surface area (Å²) in [5.41, 5.74) is 5.21. The highest BCUT2D eigenvalue weighted by Crippen LogP contribution is 2.38. The molecule has 0 heterocycles. The van der Waals surface area contributed by atoms with Crippen molar-refractivity contribution >= 4 is 0 Å². The molecule has 10 heteroatoms. The van der Waals surface area contributed by atoms with Gasteiger partial charge in [-0.3, -0.25) is 0 Å². The van der Waals surface area contributed by atoms with E-state index in [0.29, 0.717) is 0 Å². The number of ether oxygens (including phenoxy) is 3. The lowest BCUT2D eigenvalue weighted by Crippen LogP contribution is -2.18. The van der Waals surface area contributed by atoms with E-state index in [1.807, 2.05) is 0 Å². The third kappa shape index (κ3) is 6.03. The van der Waals surface area contributed by atoms with Gasteiger partial charge in [0.15, 0.2) is 0 Å². The van der Waals surface area contributed by atoms with Gasteiger partial charge in [-0.15, -0.1) is 26.3 Å². The molecule has 2 aromatic rings. The number of hydrogen-bond donors (Lipinski definition) is 1. The quantitative estimate of drug-likeness (QED) is 0.750. The van der Waals surface area contributed by atoms with Crippen molar-refractivity contribution in [2.24, 2.45) is 5.73 Å². The minimum atomic E-state index is -5.00. The first-order valence-corrected chi connectivity index (χ1v) is 7.16. The number of nitrogens with two attached hydrogens (primary N) is 1. The minimum absolute atomic E-state index is 0.0383. The Morgan fingerprint density at radius 2 is 1.50 bits per heavy atom. The molecular weight excluding hydrogens is 368 g/mol. The Hall–Kier alpha value is -2.62. The van der Waals surface area contributed by atoms with Gasteiger partial charge in [-0.1, -0.05) is 12.1 Å². The fourth-order valence-corrected chi connectivity index (χ4v) is 2.08. The number of hydrogen-bond acceptors (Lipinski definition) is 4. The summed E-state index contributed by atoms with van der Waals surface area (Å²) >= 11 is 0. The standard InChI is InChI=1S/C16H13F6NO3/c17-15(18,19)25-12-3-1-2-10(8-12)13-5-4-11(24-7-6-23)9-14(13)26-16(20,21)22/h1-5,8-9H,6-7,23H2. The van der Waals surface area contributed by atoms with Gasteiger partial charge in [0.25, 0.3) is 0 Å². The molecule has 0 spiro atoms. The van der Waals surface area contributed by atoms with Crippen LogP contribution in [0, 0.1) is 0 Å². The maximum atomic E-state index is 12.7. The predicted octanol–water partition coefficient (Wildman–Crippen LogP) is 4.49. The lowest BCUT2D eigenvalue weighted by atomic mass is 10.0. The molecule has 0 radical (unpaired) electrons. The largest absolute Gasteiger partial charge is 0.573 e. The van der Waals surface area contributed by atoms with Crippen LogP contribution in [0.3, 0.4) is 0 Å². The lowest BCUT2D eigenvalue weighted by molar-refractivity contribution is -0.275. The average molecular weight is 381 g/mol. The normalized spacial score (nSPS) is 12.0. The van der Waals surface area contributed by atoms with Gasteiger partial charge >= 0.3 is 12.7 Å². The summed E-state index contributed by atoms with van der Waals surface area (Å²) in [7, 11) is 0. The molecule has 0 aliphatic rings. The van der Waals surface area contributed by atoms with Crippen LogP contribution < -0.4 is 19.9 Å². The molecule has 0 bridgehead atoms. The molecule has 0 aromatic heterocycles. The molecule has 2 N–H and O–H groups in total. The number of rotatable bonds is 6. The molecule has 0 saturated heterocycles. The van der Waals surface area contributed by atoms with Crippen LogP contribution in [0.5, 0.6) is 17.2 Å². The molecule has 4 nitrogen and oxygen atoms in total. The minimum Gasteiger partial charge on any atom is -0.492 e. The fraction of sp³-hybridized carbons (Fsp3) is 0.250. The van der Waals surface area contributed by atoms with E-state index in [0.717, 1.165) is 18.2 Å². The Bertz CT molecular complexity index is 745. The van der Waals surface area contributed by atoms with Crippen LogP contribution in [-0.2, 0) is 0 Å². The third-order valence-corrected chi connectivity index (χ3v) is 2.94. The number of alkyl halides is 6. The SMILES string of the molecule is NCCOc1ccc(-c2cccc(OC(F)(F)F)c2)c(OC(F)(F)F)c1. The number of benzene rings is 2.